The normalized spacial score (nSPS) is 10.2. The minimum absolute atomic E-state index is 0.243. The van der Waals surface area contributed by atoms with Crippen molar-refractivity contribution in [2.24, 2.45) is 0 Å². The third-order valence-corrected chi connectivity index (χ3v) is 3.26. The van der Waals surface area contributed by atoms with Gasteiger partial charge in [0.15, 0.2) is 0 Å². The van der Waals surface area contributed by atoms with E-state index < -0.39 is 0 Å². The van der Waals surface area contributed by atoms with E-state index in [1.165, 1.54) is 12.1 Å². The van der Waals surface area contributed by atoms with Crippen LogP contribution in [0.1, 0.15) is 15.9 Å². The van der Waals surface area contributed by atoms with Crippen LogP contribution in [0, 0.1) is 0 Å². The molecule has 0 unspecified atom stereocenters. The summed E-state index contributed by atoms with van der Waals surface area (Å²) in [4.78, 5) is 12.0. The number of amides is 1. The molecule has 0 radical (unpaired) electrons. The molecule has 0 saturated carbocycles. The molecule has 0 heterocycles. The van der Waals surface area contributed by atoms with Gasteiger partial charge in [-0.25, -0.2) is 0 Å². The van der Waals surface area contributed by atoms with Crippen molar-refractivity contribution in [3.05, 3.63) is 63.6 Å². The van der Waals surface area contributed by atoms with Crippen molar-refractivity contribution in [3.63, 3.8) is 0 Å². The number of carbonyl (C=O) groups excluding carboxylic acids is 1. The van der Waals surface area contributed by atoms with E-state index in [1.807, 2.05) is 30.3 Å². The summed E-state index contributed by atoms with van der Waals surface area (Å²) in [6.45, 7) is 0.444. The van der Waals surface area contributed by atoms with Crippen LogP contribution in [0.4, 0.5) is 5.69 Å². The fourth-order valence-electron chi connectivity index (χ4n) is 1.60. The Morgan fingerprint density at radius 2 is 1.68 bits per heavy atom. The Labute approximate surface area is 121 Å². The number of rotatable bonds is 3. The second-order valence-corrected chi connectivity index (χ2v) is 4.84. The first-order valence-corrected chi connectivity index (χ1v) is 6.40. The van der Waals surface area contributed by atoms with Crippen LogP contribution < -0.4 is 11.1 Å². The van der Waals surface area contributed by atoms with Gasteiger partial charge in [-0.3, -0.25) is 4.79 Å². The van der Waals surface area contributed by atoms with Gasteiger partial charge in [0.05, 0.1) is 15.7 Å². The van der Waals surface area contributed by atoms with Crippen LogP contribution in [0.5, 0.6) is 0 Å². The molecular weight excluding hydrogens is 283 g/mol. The minimum atomic E-state index is -0.243. The topological polar surface area (TPSA) is 55.1 Å². The van der Waals surface area contributed by atoms with Crippen molar-refractivity contribution in [1.29, 1.82) is 0 Å². The van der Waals surface area contributed by atoms with E-state index in [4.69, 9.17) is 28.9 Å². The summed E-state index contributed by atoms with van der Waals surface area (Å²) in [7, 11) is 0. The maximum absolute atomic E-state index is 12.0. The van der Waals surface area contributed by atoms with Crippen molar-refractivity contribution in [2.45, 2.75) is 6.54 Å². The van der Waals surface area contributed by atoms with Gasteiger partial charge in [0, 0.05) is 12.1 Å². The van der Waals surface area contributed by atoms with Crippen LogP contribution in [0.15, 0.2) is 42.5 Å². The highest BCUT2D eigenvalue weighted by atomic mass is 35.5. The largest absolute Gasteiger partial charge is 0.396 e. The molecule has 19 heavy (non-hydrogen) atoms. The molecule has 0 atom stereocenters. The van der Waals surface area contributed by atoms with Crippen molar-refractivity contribution in [2.75, 3.05) is 5.73 Å². The molecule has 3 nitrogen and oxygen atoms in total. The van der Waals surface area contributed by atoms with E-state index in [9.17, 15) is 4.79 Å². The van der Waals surface area contributed by atoms with Crippen molar-refractivity contribution in [3.8, 4) is 0 Å². The second kappa shape index (κ2) is 5.95. The SMILES string of the molecule is Nc1c(Cl)cc(C(=O)NCc2ccccc2)cc1Cl. The molecule has 3 N–H and O–H groups in total. The summed E-state index contributed by atoms with van der Waals surface area (Å²) in [5.41, 5.74) is 7.31. The third-order valence-electron chi connectivity index (χ3n) is 2.64. The summed E-state index contributed by atoms with van der Waals surface area (Å²) >= 11 is 11.8. The highest BCUT2D eigenvalue weighted by molar-refractivity contribution is 6.39. The Morgan fingerprint density at radius 3 is 2.26 bits per heavy atom. The Kier molecular flexibility index (Phi) is 4.30. The van der Waals surface area contributed by atoms with E-state index in [-0.39, 0.29) is 21.6 Å². The molecule has 2 rings (SSSR count). The first-order valence-electron chi connectivity index (χ1n) is 5.64. The minimum Gasteiger partial charge on any atom is -0.396 e. The first-order chi connectivity index (χ1) is 9.08. The van der Waals surface area contributed by atoms with Gasteiger partial charge in [-0.05, 0) is 17.7 Å². The van der Waals surface area contributed by atoms with Crippen LogP contribution in [0.25, 0.3) is 0 Å². The molecule has 0 bridgehead atoms. The molecule has 2 aromatic carbocycles. The predicted octanol–water partition coefficient (Wildman–Crippen LogP) is 3.51. The fraction of sp³-hybridized carbons (Fsp3) is 0.0714. The highest BCUT2D eigenvalue weighted by Gasteiger charge is 2.10. The summed E-state index contributed by atoms with van der Waals surface area (Å²) in [5.74, 6) is -0.243. The van der Waals surface area contributed by atoms with Gasteiger partial charge < -0.3 is 11.1 Å². The number of hydrogen-bond donors (Lipinski definition) is 2. The Balaban J connectivity index is 2.08. The van der Waals surface area contributed by atoms with Crippen LogP contribution in [-0.4, -0.2) is 5.91 Å². The molecule has 0 saturated heterocycles. The summed E-state index contributed by atoms with van der Waals surface area (Å²) in [5, 5.41) is 3.34. The van der Waals surface area contributed by atoms with Gasteiger partial charge in [0.1, 0.15) is 0 Å². The maximum Gasteiger partial charge on any atom is 0.251 e. The molecular formula is C14H12Cl2N2O. The Bertz CT molecular complexity index is 577. The average molecular weight is 295 g/mol. The number of halogens is 2. The molecule has 0 aromatic heterocycles. The maximum atomic E-state index is 12.0. The monoisotopic (exact) mass is 294 g/mol. The number of carbonyl (C=O) groups is 1. The summed E-state index contributed by atoms with van der Waals surface area (Å²) < 4.78 is 0. The fourth-order valence-corrected chi connectivity index (χ4v) is 2.08. The summed E-state index contributed by atoms with van der Waals surface area (Å²) in [6.07, 6.45) is 0. The zero-order chi connectivity index (χ0) is 13.8. The van der Waals surface area contributed by atoms with Crippen molar-refractivity contribution in [1.82, 2.24) is 5.32 Å². The first kappa shape index (κ1) is 13.7. The predicted molar refractivity (Wildman–Crippen MR) is 78.5 cm³/mol. The molecule has 5 heteroatoms. The molecule has 98 valence electrons. The molecule has 0 fully saturated rings. The van der Waals surface area contributed by atoms with Gasteiger partial charge >= 0.3 is 0 Å². The standard InChI is InChI=1S/C14H12Cl2N2O/c15-11-6-10(7-12(16)13(11)17)14(19)18-8-9-4-2-1-3-5-9/h1-7H,8,17H2,(H,18,19). The van der Waals surface area contributed by atoms with E-state index in [0.717, 1.165) is 5.56 Å². The van der Waals surface area contributed by atoms with Crippen LogP contribution in [0.3, 0.4) is 0 Å². The molecule has 2 aromatic rings. The smallest absolute Gasteiger partial charge is 0.251 e. The lowest BCUT2D eigenvalue weighted by atomic mass is 10.1. The quantitative estimate of drug-likeness (QED) is 0.851. The van der Waals surface area contributed by atoms with Crippen LogP contribution >= 0.6 is 23.2 Å². The van der Waals surface area contributed by atoms with Gasteiger partial charge in [0.25, 0.3) is 5.91 Å². The highest BCUT2D eigenvalue weighted by Crippen LogP contribution is 2.28. The number of nitrogens with two attached hydrogens (primary N) is 1. The Morgan fingerprint density at radius 1 is 1.11 bits per heavy atom. The van der Waals surface area contributed by atoms with Crippen molar-refractivity contribution < 1.29 is 4.79 Å². The zero-order valence-electron chi connectivity index (χ0n) is 9.99. The van der Waals surface area contributed by atoms with E-state index >= 15 is 0 Å². The average Bonchev–Trinajstić information content (AvgIpc) is 2.42. The zero-order valence-corrected chi connectivity index (χ0v) is 11.5. The van der Waals surface area contributed by atoms with E-state index in [1.54, 1.807) is 0 Å². The number of benzene rings is 2. The molecule has 0 aliphatic heterocycles. The summed E-state index contributed by atoms with van der Waals surface area (Å²) in [6, 6.07) is 12.6. The van der Waals surface area contributed by atoms with Crippen LogP contribution in [-0.2, 0) is 6.54 Å². The third kappa shape index (κ3) is 3.40. The molecule has 0 aliphatic carbocycles. The van der Waals surface area contributed by atoms with Crippen LogP contribution in [0.2, 0.25) is 10.0 Å². The van der Waals surface area contributed by atoms with Gasteiger partial charge in [0.2, 0.25) is 0 Å². The molecule has 1 amide bonds. The second-order valence-electron chi connectivity index (χ2n) is 4.02. The van der Waals surface area contributed by atoms with E-state index in [2.05, 4.69) is 5.32 Å². The van der Waals surface area contributed by atoms with E-state index in [0.29, 0.717) is 12.1 Å². The molecule has 0 spiro atoms. The lowest BCUT2D eigenvalue weighted by Crippen LogP contribution is -2.22. The number of anilines is 1. The Hall–Kier alpha value is -1.71. The molecule has 0 aliphatic rings. The number of nitrogens with one attached hydrogen (secondary N) is 1. The van der Waals surface area contributed by atoms with Crippen molar-refractivity contribution >= 4 is 34.8 Å². The van der Waals surface area contributed by atoms with Gasteiger partial charge in [-0.1, -0.05) is 53.5 Å². The lowest BCUT2D eigenvalue weighted by molar-refractivity contribution is 0.0951. The van der Waals surface area contributed by atoms with Gasteiger partial charge in [-0.15, -0.1) is 0 Å². The van der Waals surface area contributed by atoms with Gasteiger partial charge in [-0.2, -0.15) is 0 Å². The number of nitrogen functional groups attached to an aromatic ring is 1. The number of hydrogen-bond acceptors (Lipinski definition) is 2. The lowest BCUT2D eigenvalue weighted by Gasteiger charge is -2.08.